The molecule has 4 heteroatoms. The molecule has 0 bridgehead atoms. The number of rotatable bonds is 13. The fourth-order valence-electron chi connectivity index (χ4n) is 3.55. The lowest BCUT2D eigenvalue weighted by Gasteiger charge is -2.35. The normalized spacial score (nSPS) is 11.5. The van der Waals surface area contributed by atoms with Crippen molar-refractivity contribution in [3.05, 3.63) is 108 Å². The van der Waals surface area contributed by atoms with Gasteiger partial charge >= 0.3 is 0 Å². The molecule has 158 valence electrons. The van der Waals surface area contributed by atoms with Crippen LogP contribution in [0.5, 0.6) is 0 Å². The molecule has 3 N–H and O–H groups in total. The zero-order valence-electron chi connectivity index (χ0n) is 17.5. The molecule has 0 aliphatic carbocycles. The average Bonchev–Trinajstić information content (AvgIpc) is 2.82. The van der Waals surface area contributed by atoms with Gasteiger partial charge in [-0.1, -0.05) is 91.0 Å². The van der Waals surface area contributed by atoms with Crippen molar-refractivity contribution in [2.75, 3.05) is 38.7 Å². The molecule has 0 unspecified atom stereocenters. The van der Waals surface area contributed by atoms with Gasteiger partial charge in [0.25, 0.3) is 0 Å². The lowest BCUT2D eigenvalue weighted by Crippen LogP contribution is -2.50. The van der Waals surface area contributed by atoms with Crippen LogP contribution in [0, 0.1) is 0 Å². The molecule has 0 aromatic heterocycles. The van der Waals surface area contributed by atoms with E-state index in [0.717, 1.165) is 25.3 Å². The van der Waals surface area contributed by atoms with E-state index in [0.29, 0.717) is 19.8 Å². The van der Waals surface area contributed by atoms with E-state index in [-0.39, 0.29) is 4.75 Å². The van der Waals surface area contributed by atoms with Crippen molar-refractivity contribution in [2.24, 2.45) is 0 Å². The summed E-state index contributed by atoms with van der Waals surface area (Å²) in [6, 6.07) is 32.3. The van der Waals surface area contributed by atoms with Crippen molar-refractivity contribution in [1.82, 2.24) is 0 Å². The molecular formula is C26H32NO2S+. The Balaban J connectivity index is 1.77. The molecule has 0 saturated heterocycles. The molecule has 0 spiro atoms. The van der Waals surface area contributed by atoms with E-state index in [1.807, 2.05) is 11.8 Å². The van der Waals surface area contributed by atoms with Crippen LogP contribution in [0.15, 0.2) is 91.0 Å². The van der Waals surface area contributed by atoms with Gasteiger partial charge in [0.15, 0.2) is 0 Å². The first-order valence-electron chi connectivity index (χ1n) is 10.6. The molecule has 0 atom stereocenters. The largest absolute Gasteiger partial charge is 0.379 e. The molecule has 0 aliphatic heterocycles. The number of quaternary nitrogens is 1. The van der Waals surface area contributed by atoms with Gasteiger partial charge in [0, 0.05) is 12.2 Å². The Hall–Kier alpha value is -2.11. The van der Waals surface area contributed by atoms with Crippen LogP contribution in [-0.4, -0.2) is 38.7 Å². The van der Waals surface area contributed by atoms with E-state index in [1.54, 1.807) is 0 Å². The van der Waals surface area contributed by atoms with Crippen molar-refractivity contribution in [1.29, 1.82) is 0 Å². The molecule has 0 fully saturated rings. The van der Waals surface area contributed by atoms with E-state index >= 15 is 0 Å². The molecule has 30 heavy (non-hydrogen) atoms. The highest BCUT2D eigenvalue weighted by molar-refractivity contribution is 8.00. The summed E-state index contributed by atoms with van der Waals surface area (Å²) >= 11 is 1.93. The number of ether oxygens (including phenoxy) is 2. The first-order valence-corrected chi connectivity index (χ1v) is 11.6. The van der Waals surface area contributed by atoms with E-state index in [4.69, 9.17) is 9.47 Å². The summed E-state index contributed by atoms with van der Waals surface area (Å²) < 4.78 is 11.1. The van der Waals surface area contributed by atoms with Gasteiger partial charge in [0.2, 0.25) is 0 Å². The summed E-state index contributed by atoms with van der Waals surface area (Å²) in [6.45, 7) is 3.65. The quantitative estimate of drug-likeness (QED) is 0.328. The minimum absolute atomic E-state index is 0.280. The maximum atomic E-state index is 5.86. The number of thioether (sulfide) groups is 1. The van der Waals surface area contributed by atoms with Crippen molar-refractivity contribution in [2.45, 2.75) is 11.2 Å². The summed E-state index contributed by atoms with van der Waals surface area (Å²) in [5.74, 6) is 0.886. The van der Waals surface area contributed by atoms with Crippen LogP contribution in [0.25, 0.3) is 0 Å². The lowest BCUT2D eigenvalue weighted by molar-refractivity contribution is -0.369. The Morgan fingerprint density at radius 3 is 1.47 bits per heavy atom. The van der Waals surface area contributed by atoms with Gasteiger partial charge in [0.1, 0.15) is 0 Å². The Kier molecular flexibility index (Phi) is 9.45. The van der Waals surface area contributed by atoms with E-state index < -0.39 is 0 Å². The van der Waals surface area contributed by atoms with Crippen molar-refractivity contribution in [3.63, 3.8) is 0 Å². The maximum absolute atomic E-state index is 5.86. The summed E-state index contributed by atoms with van der Waals surface area (Å²) in [7, 11) is 0. The minimum atomic E-state index is -0.280. The molecular weight excluding hydrogens is 390 g/mol. The van der Waals surface area contributed by atoms with Crippen LogP contribution in [0.2, 0.25) is 0 Å². The van der Waals surface area contributed by atoms with Gasteiger partial charge in [-0.3, -0.25) is 0 Å². The second-order valence-corrected chi connectivity index (χ2v) is 8.37. The smallest absolute Gasteiger partial charge is 0.0907 e. The highest BCUT2D eigenvalue weighted by Gasteiger charge is 2.36. The molecule has 3 aromatic rings. The highest BCUT2D eigenvalue weighted by Crippen LogP contribution is 2.48. The van der Waals surface area contributed by atoms with Gasteiger partial charge in [-0.2, -0.15) is 0 Å². The number of benzene rings is 3. The fraction of sp³-hybridized carbons (Fsp3) is 0.308. The van der Waals surface area contributed by atoms with Crippen molar-refractivity contribution in [3.8, 4) is 0 Å². The summed E-state index contributed by atoms with van der Waals surface area (Å²) in [5.41, 5.74) is 7.67. The predicted octanol–water partition coefficient (Wildman–Crippen LogP) is 4.38. The monoisotopic (exact) mass is 422 g/mol. The summed E-state index contributed by atoms with van der Waals surface area (Å²) in [4.78, 5) is 0. The Morgan fingerprint density at radius 1 is 0.600 bits per heavy atom. The number of hydrogen-bond donors (Lipinski definition) is 1. The van der Waals surface area contributed by atoms with E-state index in [2.05, 4.69) is 96.7 Å². The molecule has 0 amide bonds. The Morgan fingerprint density at radius 2 is 1.03 bits per heavy atom. The molecule has 0 aliphatic rings. The van der Waals surface area contributed by atoms with Crippen LogP contribution in [-0.2, 0) is 14.2 Å². The molecule has 0 heterocycles. The first-order chi connectivity index (χ1) is 14.9. The van der Waals surface area contributed by atoms with Gasteiger partial charge in [-0.15, -0.1) is 11.8 Å². The van der Waals surface area contributed by atoms with Gasteiger partial charge < -0.3 is 15.2 Å². The van der Waals surface area contributed by atoms with Crippen LogP contribution < -0.4 is 5.73 Å². The Bertz CT molecular complexity index is 731. The zero-order chi connectivity index (χ0) is 20.9. The Labute approximate surface area is 184 Å². The van der Waals surface area contributed by atoms with Crippen molar-refractivity contribution >= 4 is 11.8 Å². The van der Waals surface area contributed by atoms with Crippen molar-refractivity contribution < 1.29 is 15.2 Å². The lowest BCUT2D eigenvalue weighted by atomic mass is 9.84. The van der Waals surface area contributed by atoms with Crippen LogP contribution in [0.1, 0.15) is 23.1 Å². The zero-order valence-corrected chi connectivity index (χ0v) is 18.4. The maximum Gasteiger partial charge on any atom is 0.0907 e. The standard InChI is InChI=1S/C26H31NO2S/c27-17-10-18-28-19-20-29-21-22-30-26(23-11-4-1-5-12-23,24-13-6-2-7-14-24)25-15-8-3-9-16-25/h1-9,11-16H,10,17-22,27H2/p+1. The number of hydrogen-bond acceptors (Lipinski definition) is 3. The average molecular weight is 423 g/mol. The second kappa shape index (κ2) is 12.6. The highest BCUT2D eigenvalue weighted by atomic mass is 32.2. The molecule has 0 radical (unpaired) electrons. The summed E-state index contributed by atoms with van der Waals surface area (Å²) in [6.07, 6.45) is 1.00. The van der Waals surface area contributed by atoms with Crippen LogP contribution >= 0.6 is 11.8 Å². The van der Waals surface area contributed by atoms with E-state index in [9.17, 15) is 0 Å². The topological polar surface area (TPSA) is 46.1 Å². The van der Waals surface area contributed by atoms with E-state index in [1.165, 1.54) is 16.7 Å². The first kappa shape index (κ1) is 22.6. The molecule has 3 nitrogen and oxygen atoms in total. The third-order valence-corrected chi connectivity index (χ3v) is 6.51. The second-order valence-electron chi connectivity index (χ2n) is 7.06. The molecule has 3 aromatic carbocycles. The van der Waals surface area contributed by atoms with Crippen LogP contribution in [0.3, 0.4) is 0 Å². The minimum Gasteiger partial charge on any atom is -0.379 e. The third-order valence-electron chi connectivity index (χ3n) is 5.00. The SMILES string of the molecule is [NH3+]CCCOCCOCCSC(c1ccccc1)(c1ccccc1)c1ccccc1. The van der Waals surface area contributed by atoms with Crippen LogP contribution in [0.4, 0.5) is 0 Å². The fourth-order valence-corrected chi connectivity index (χ4v) is 4.96. The summed E-state index contributed by atoms with van der Waals surface area (Å²) in [5, 5.41) is 0. The van der Waals surface area contributed by atoms with Gasteiger partial charge in [-0.05, 0) is 16.7 Å². The molecule has 0 saturated carbocycles. The molecule has 3 rings (SSSR count). The predicted molar refractivity (Wildman–Crippen MR) is 126 cm³/mol. The van der Waals surface area contributed by atoms with Gasteiger partial charge in [0.05, 0.1) is 37.7 Å². The third kappa shape index (κ3) is 5.96. The van der Waals surface area contributed by atoms with Gasteiger partial charge in [-0.25, -0.2) is 0 Å².